The van der Waals surface area contributed by atoms with Crippen LogP contribution in [0.3, 0.4) is 0 Å². The molecule has 0 bridgehead atoms. The molecule has 2 aromatic carbocycles. The fraction of sp³-hybridized carbons (Fsp3) is 0.0714. The normalized spacial score (nSPS) is 11.0. The fourth-order valence-electron chi connectivity index (χ4n) is 1.83. The second-order valence-electron chi connectivity index (χ2n) is 4.20. The number of nitrogens with two attached hydrogens (primary N) is 1. The van der Waals surface area contributed by atoms with Crippen molar-refractivity contribution in [1.82, 2.24) is 4.98 Å². The molecule has 90 valence electrons. The number of nitrogens with zero attached hydrogens (tertiary/aromatic N) is 1. The number of nitrogen functional groups attached to an aromatic ring is 1. The van der Waals surface area contributed by atoms with Crippen molar-refractivity contribution < 1.29 is 4.39 Å². The summed E-state index contributed by atoms with van der Waals surface area (Å²) in [6, 6.07) is 10.5. The van der Waals surface area contributed by atoms with Gasteiger partial charge in [-0.25, -0.2) is 9.37 Å². The van der Waals surface area contributed by atoms with E-state index in [2.05, 4.69) is 4.98 Å². The summed E-state index contributed by atoms with van der Waals surface area (Å²) < 4.78 is 14.1. The van der Waals surface area contributed by atoms with Crippen molar-refractivity contribution in [2.24, 2.45) is 0 Å². The third-order valence-corrected chi connectivity index (χ3v) is 3.95. The lowest BCUT2D eigenvalue weighted by molar-refractivity contribution is 0.629. The number of hydrogen-bond acceptors (Lipinski definition) is 3. The summed E-state index contributed by atoms with van der Waals surface area (Å²) in [6.45, 7) is 1.96. The molecule has 4 heteroatoms. The molecule has 18 heavy (non-hydrogen) atoms. The maximum Gasteiger partial charge on any atom is 0.125 e. The molecule has 2 N–H and O–H groups in total. The third-order valence-electron chi connectivity index (χ3n) is 2.87. The highest BCUT2D eigenvalue weighted by atomic mass is 32.1. The summed E-state index contributed by atoms with van der Waals surface area (Å²) in [5.41, 5.74) is 9.31. The number of hydrogen-bond donors (Lipinski definition) is 1. The monoisotopic (exact) mass is 257 g/mol. The summed E-state index contributed by atoms with van der Waals surface area (Å²) in [4.78, 5) is 4.45. The third kappa shape index (κ3) is 1.84. The summed E-state index contributed by atoms with van der Waals surface area (Å²) in [5.74, 6) is -0.257. The molecule has 0 atom stereocenters. The minimum absolute atomic E-state index is 0.257. The first-order chi connectivity index (χ1) is 8.63. The lowest BCUT2D eigenvalue weighted by Gasteiger charge is -2.01. The van der Waals surface area contributed by atoms with Crippen LogP contribution in [0.5, 0.6) is 0 Å². The number of anilines is 1. The van der Waals surface area contributed by atoms with Crippen molar-refractivity contribution in [1.29, 1.82) is 0 Å². The van der Waals surface area contributed by atoms with Crippen LogP contribution in [0.25, 0.3) is 20.8 Å². The highest BCUT2D eigenvalue weighted by Gasteiger charge is 2.07. The second-order valence-corrected chi connectivity index (χ2v) is 5.23. The van der Waals surface area contributed by atoms with Gasteiger partial charge < -0.3 is 5.73 Å². The van der Waals surface area contributed by atoms with Gasteiger partial charge in [-0.05, 0) is 42.8 Å². The summed E-state index contributed by atoms with van der Waals surface area (Å²) in [5, 5.41) is 0.888. The zero-order valence-corrected chi connectivity index (χ0v) is 10.6. The molecule has 0 aliphatic rings. The van der Waals surface area contributed by atoms with Crippen LogP contribution >= 0.6 is 11.3 Å². The molecule has 0 aliphatic carbocycles. The largest absolute Gasteiger partial charge is 0.399 e. The number of aryl methyl sites for hydroxylation is 1. The summed E-state index contributed by atoms with van der Waals surface area (Å²) in [7, 11) is 0. The van der Waals surface area contributed by atoms with Gasteiger partial charge in [0.15, 0.2) is 0 Å². The van der Waals surface area contributed by atoms with E-state index in [0.29, 0.717) is 5.52 Å². The minimum Gasteiger partial charge on any atom is -0.399 e. The van der Waals surface area contributed by atoms with Gasteiger partial charge in [-0.15, -0.1) is 11.3 Å². The Kier molecular flexibility index (Phi) is 2.52. The van der Waals surface area contributed by atoms with Crippen LogP contribution in [-0.4, -0.2) is 4.98 Å². The topological polar surface area (TPSA) is 38.9 Å². The average Bonchev–Trinajstić information content (AvgIpc) is 2.75. The van der Waals surface area contributed by atoms with Gasteiger partial charge in [-0.3, -0.25) is 0 Å². The summed E-state index contributed by atoms with van der Waals surface area (Å²) >= 11 is 1.56. The maximum atomic E-state index is 13.1. The summed E-state index contributed by atoms with van der Waals surface area (Å²) in [6.07, 6.45) is 0. The molecule has 0 spiro atoms. The van der Waals surface area contributed by atoms with Gasteiger partial charge in [0, 0.05) is 17.3 Å². The van der Waals surface area contributed by atoms with E-state index < -0.39 is 0 Å². The van der Waals surface area contributed by atoms with Crippen LogP contribution in [0.2, 0.25) is 0 Å². The van der Waals surface area contributed by atoms with Crippen molar-refractivity contribution in [3.05, 3.63) is 47.8 Å². The molecule has 0 radical (unpaired) electrons. The number of halogens is 1. The maximum absolute atomic E-state index is 13.1. The first kappa shape index (κ1) is 11.2. The van der Waals surface area contributed by atoms with Crippen LogP contribution in [-0.2, 0) is 0 Å². The van der Waals surface area contributed by atoms with Crippen LogP contribution < -0.4 is 5.73 Å². The van der Waals surface area contributed by atoms with Gasteiger partial charge in [0.05, 0.1) is 10.2 Å². The predicted molar refractivity (Wildman–Crippen MR) is 74.2 cm³/mol. The number of thiazole rings is 1. The molecule has 0 unspecified atom stereocenters. The molecule has 2 nitrogen and oxygen atoms in total. The van der Waals surface area contributed by atoms with Gasteiger partial charge in [0.1, 0.15) is 10.8 Å². The number of benzene rings is 2. The van der Waals surface area contributed by atoms with Crippen molar-refractivity contribution in [3.8, 4) is 10.6 Å². The van der Waals surface area contributed by atoms with E-state index in [0.717, 1.165) is 26.5 Å². The Morgan fingerprint density at radius 3 is 2.78 bits per heavy atom. The molecule has 0 amide bonds. The van der Waals surface area contributed by atoms with E-state index in [4.69, 9.17) is 5.73 Å². The van der Waals surface area contributed by atoms with Crippen molar-refractivity contribution in [3.63, 3.8) is 0 Å². The van der Waals surface area contributed by atoms with Crippen molar-refractivity contribution in [2.75, 3.05) is 5.73 Å². The number of rotatable bonds is 1. The Hall–Kier alpha value is -1.94. The van der Waals surface area contributed by atoms with Gasteiger partial charge in [-0.2, -0.15) is 0 Å². The van der Waals surface area contributed by atoms with Gasteiger partial charge in [0.25, 0.3) is 0 Å². The molecule has 3 rings (SSSR count). The Bertz CT molecular complexity index is 734. The van der Waals surface area contributed by atoms with E-state index in [1.807, 2.05) is 25.1 Å². The lowest BCUT2D eigenvalue weighted by atomic mass is 10.1. The zero-order chi connectivity index (χ0) is 12.7. The molecule has 1 heterocycles. The Morgan fingerprint density at radius 1 is 1.17 bits per heavy atom. The van der Waals surface area contributed by atoms with Crippen molar-refractivity contribution >= 4 is 27.2 Å². The fourth-order valence-corrected chi connectivity index (χ4v) is 2.78. The highest BCUT2D eigenvalue weighted by Crippen LogP contribution is 2.31. The number of aromatic nitrogens is 1. The lowest BCUT2D eigenvalue weighted by Crippen LogP contribution is -1.89. The SMILES string of the molecule is Cc1cc(-c2nc3cc([18F])ccc3s2)ccc1N. The van der Waals surface area contributed by atoms with Gasteiger partial charge in [0.2, 0.25) is 0 Å². The van der Waals surface area contributed by atoms with Crippen LogP contribution in [0, 0.1) is 12.7 Å². The highest BCUT2D eigenvalue weighted by molar-refractivity contribution is 7.21. The minimum atomic E-state index is -0.257. The van der Waals surface area contributed by atoms with Crippen LogP contribution in [0.4, 0.5) is 10.1 Å². The molecule has 3 aromatic rings. The molecule has 0 aliphatic heterocycles. The molecular weight excluding hydrogens is 246 g/mol. The molecular formula is C14H11FN2S. The van der Waals surface area contributed by atoms with E-state index in [9.17, 15) is 4.39 Å². The standard InChI is InChI=1S/C14H11FN2S/c1-8-6-9(2-4-11(8)16)14-17-12-7-10(15)3-5-13(12)18-14/h2-7H,16H2,1H3/i15-1. The Morgan fingerprint density at radius 2 is 2.00 bits per heavy atom. The molecule has 0 saturated heterocycles. The first-order valence-electron chi connectivity index (χ1n) is 5.56. The van der Waals surface area contributed by atoms with Gasteiger partial charge >= 0.3 is 0 Å². The second kappa shape index (κ2) is 4.07. The Labute approximate surface area is 108 Å². The quantitative estimate of drug-likeness (QED) is 0.669. The van der Waals surface area contributed by atoms with Crippen LogP contribution in [0.1, 0.15) is 5.56 Å². The average molecular weight is 257 g/mol. The van der Waals surface area contributed by atoms with E-state index in [-0.39, 0.29) is 5.82 Å². The van der Waals surface area contributed by atoms with Crippen LogP contribution in [0.15, 0.2) is 36.4 Å². The van der Waals surface area contributed by atoms with E-state index >= 15 is 0 Å². The molecule has 0 fully saturated rings. The Balaban J connectivity index is 2.16. The first-order valence-corrected chi connectivity index (χ1v) is 6.38. The van der Waals surface area contributed by atoms with Crippen molar-refractivity contribution in [2.45, 2.75) is 6.92 Å². The number of fused-ring (bicyclic) bond motifs is 1. The van der Waals surface area contributed by atoms with E-state index in [1.54, 1.807) is 17.4 Å². The smallest absolute Gasteiger partial charge is 0.125 e. The zero-order valence-electron chi connectivity index (χ0n) is 9.77. The predicted octanol–water partition coefficient (Wildman–Crippen LogP) is 3.99. The molecule has 0 saturated carbocycles. The van der Waals surface area contributed by atoms with E-state index in [1.165, 1.54) is 12.1 Å². The molecule has 1 aromatic heterocycles. The van der Waals surface area contributed by atoms with Gasteiger partial charge in [-0.1, -0.05) is 0 Å².